The van der Waals surface area contributed by atoms with Crippen LogP contribution in [-0.4, -0.2) is 89.5 Å². The number of hydrogen-bond donors (Lipinski definition) is 3. The van der Waals surface area contributed by atoms with Gasteiger partial charge < -0.3 is 30.1 Å². The molecule has 0 aliphatic carbocycles. The van der Waals surface area contributed by atoms with Gasteiger partial charge in [-0.3, -0.25) is 4.79 Å². The fourth-order valence-electron chi connectivity index (χ4n) is 3.69. The molecule has 212 valence electrons. The van der Waals surface area contributed by atoms with E-state index < -0.39 is 60.6 Å². The summed E-state index contributed by atoms with van der Waals surface area (Å²) in [4.78, 5) is 52.0. The van der Waals surface area contributed by atoms with E-state index in [0.29, 0.717) is 12.2 Å². The third kappa shape index (κ3) is 11.8. The fraction of sp³-hybridized carbons (Fsp3) is 0.760. The Morgan fingerprint density at radius 2 is 1.78 bits per heavy atom. The number of allylic oxidation sites excluding steroid dienone is 1. The van der Waals surface area contributed by atoms with E-state index in [1.54, 1.807) is 26.8 Å². The van der Waals surface area contributed by atoms with Gasteiger partial charge in [-0.1, -0.05) is 25.7 Å². The largest absolute Gasteiger partial charge is 0.480 e. The maximum absolute atomic E-state index is 13.8. The van der Waals surface area contributed by atoms with Crippen LogP contribution < -0.4 is 10.6 Å². The van der Waals surface area contributed by atoms with Crippen LogP contribution in [0.4, 0.5) is 9.59 Å². The zero-order valence-electron chi connectivity index (χ0n) is 23.5. The number of nitrogens with zero attached hydrogens (tertiary/aromatic N) is 1. The third-order valence-corrected chi connectivity index (χ3v) is 8.80. The number of amides is 3. The lowest BCUT2D eigenvalue weighted by Gasteiger charge is -2.37. The van der Waals surface area contributed by atoms with Crippen LogP contribution in [0.15, 0.2) is 12.7 Å². The lowest BCUT2D eigenvalue weighted by atomic mass is 10.0. The smallest absolute Gasteiger partial charge is 0.408 e. The SMILES string of the molecule is C=CCCSC(C)(C)[C@H](NC(=O)OC(C)(C)C)C(=O)N1C[C@H](NC(=O)OCC[Si](C)(C)C)C[C@H]1C(=O)O. The van der Waals surface area contributed by atoms with Crippen molar-refractivity contribution < 1.29 is 33.8 Å². The molecule has 0 aromatic carbocycles. The summed E-state index contributed by atoms with van der Waals surface area (Å²) < 4.78 is 9.86. The van der Waals surface area contributed by atoms with Gasteiger partial charge in [0.1, 0.15) is 17.7 Å². The summed E-state index contributed by atoms with van der Waals surface area (Å²) in [5.74, 6) is -1.07. The van der Waals surface area contributed by atoms with Gasteiger partial charge in [0.25, 0.3) is 0 Å². The van der Waals surface area contributed by atoms with Crippen molar-refractivity contribution in [1.29, 1.82) is 0 Å². The van der Waals surface area contributed by atoms with Crippen molar-refractivity contribution in [1.82, 2.24) is 15.5 Å². The molecule has 0 unspecified atom stereocenters. The number of carbonyl (C=O) groups is 4. The number of alkyl carbamates (subject to hydrolysis) is 2. The zero-order chi connectivity index (χ0) is 28.6. The van der Waals surface area contributed by atoms with E-state index in [1.165, 1.54) is 16.7 Å². The average Bonchev–Trinajstić information content (AvgIpc) is 3.13. The summed E-state index contributed by atoms with van der Waals surface area (Å²) in [5.41, 5.74) is -0.778. The summed E-state index contributed by atoms with van der Waals surface area (Å²) in [6, 6.07) is -2.01. The molecule has 0 radical (unpaired) electrons. The van der Waals surface area contributed by atoms with Crippen LogP contribution in [0.2, 0.25) is 25.7 Å². The number of ether oxygens (including phenoxy) is 2. The standard InChI is InChI=1S/C25H45N3O7SSi/c1-10-11-13-36-25(5,6)19(27-23(33)35-24(2,3)4)20(29)28-16-17(15-18(28)21(30)31)26-22(32)34-12-14-37(7,8)9/h10,17-19H,1,11-16H2,2-9H3,(H,26,32)(H,27,33)(H,30,31)/t17-,18+,19-/m1/s1. The van der Waals surface area contributed by atoms with E-state index in [2.05, 4.69) is 36.9 Å². The molecule has 0 saturated carbocycles. The molecule has 10 nitrogen and oxygen atoms in total. The molecule has 1 aliphatic heterocycles. The Balaban J connectivity index is 3.07. The van der Waals surface area contributed by atoms with E-state index in [9.17, 15) is 24.3 Å². The predicted octanol–water partition coefficient (Wildman–Crippen LogP) is 4.09. The lowest BCUT2D eigenvalue weighted by molar-refractivity contribution is -0.149. The summed E-state index contributed by atoms with van der Waals surface area (Å²) in [6.45, 7) is 19.3. The van der Waals surface area contributed by atoms with Crippen molar-refractivity contribution >= 4 is 43.9 Å². The van der Waals surface area contributed by atoms with Crippen molar-refractivity contribution in [3.63, 3.8) is 0 Å². The molecule has 1 heterocycles. The second-order valence-corrected chi connectivity index (χ2v) is 19.3. The van der Waals surface area contributed by atoms with Crippen molar-refractivity contribution in [2.45, 2.75) is 102 Å². The third-order valence-electron chi connectivity index (χ3n) is 5.68. The highest BCUT2D eigenvalue weighted by Gasteiger charge is 2.47. The maximum Gasteiger partial charge on any atom is 0.408 e. The molecule has 0 aromatic rings. The van der Waals surface area contributed by atoms with Crippen LogP contribution >= 0.6 is 11.8 Å². The van der Waals surface area contributed by atoms with Gasteiger partial charge in [0.05, 0.1) is 12.6 Å². The molecule has 0 bridgehead atoms. The fourth-order valence-corrected chi connectivity index (χ4v) is 5.54. The Morgan fingerprint density at radius 3 is 2.30 bits per heavy atom. The van der Waals surface area contributed by atoms with E-state index in [-0.39, 0.29) is 19.6 Å². The lowest BCUT2D eigenvalue weighted by Crippen LogP contribution is -2.59. The van der Waals surface area contributed by atoms with Gasteiger partial charge in [-0.25, -0.2) is 14.4 Å². The first-order chi connectivity index (χ1) is 16.9. The molecule has 3 atom stereocenters. The number of rotatable bonds is 12. The number of hydrogen-bond acceptors (Lipinski definition) is 7. The Bertz CT molecular complexity index is 839. The molecule has 1 aliphatic rings. The number of thioether (sulfide) groups is 1. The van der Waals surface area contributed by atoms with Crippen LogP contribution in [-0.2, 0) is 19.1 Å². The Labute approximate surface area is 226 Å². The Hall–Kier alpha value is -2.21. The molecule has 3 N–H and O–H groups in total. The van der Waals surface area contributed by atoms with Gasteiger partial charge in [0.2, 0.25) is 5.91 Å². The molecule has 3 amide bonds. The average molecular weight is 560 g/mol. The molecular formula is C25H45N3O7SSi. The number of carboxylic acids is 1. The molecule has 37 heavy (non-hydrogen) atoms. The second kappa shape index (κ2) is 13.5. The normalized spacial score (nSPS) is 19.1. The minimum Gasteiger partial charge on any atom is -0.480 e. The predicted molar refractivity (Wildman–Crippen MR) is 149 cm³/mol. The number of aliphatic carboxylic acids is 1. The Morgan fingerprint density at radius 1 is 1.16 bits per heavy atom. The molecule has 1 rings (SSSR count). The van der Waals surface area contributed by atoms with E-state index in [0.717, 1.165) is 6.04 Å². The van der Waals surface area contributed by atoms with Crippen molar-refractivity contribution in [3.05, 3.63) is 12.7 Å². The Kier molecular flexibility index (Phi) is 12.0. The number of carboxylic acid groups (broad SMARTS) is 1. The molecule has 1 fully saturated rings. The molecule has 12 heteroatoms. The monoisotopic (exact) mass is 559 g/mol. The molecule has 0 spiro atoms. The van der Waals surface area contributed by atoms with E-state index in [1.807, 2.05) is 13.8 Å². The highest BCUT2D eigenvalue weighted by atomic mass is 32.2. The first-order valence-electron chi connectivity index (χ1n) is 12.6. The van der Waals surface area contributed by atoms with Crippen molar-refractivity contribution in [2.24, 2.45) is 0 Å². The summed E-state index contributed by atoms with van der Waals surface area (Å²) in [6.07, 6.45) is 1.10. The van der Waals surface area contributed by atoms with Gasteiger partial charge in [-0.15, -0.1) is 6.58 Å². The van der Waals surface area contributed by atoms with Crippen LogP contribution in [0.3, 0.4) is 0 Å². The van der Waals surface area contributed by atoms with Crippen LogP contribution in [0.1, 0.15) is 47.5 Å². The highest BCUT2D eigenvalue weighted by Crippen LogP contribution is 2.32. The number of likely N-dealkylation sites (tertiary alicyclic amines) is 1. The summed E-state index contributed by atoms with van der Waals surface area (Å²) >= 11 is 1.47. The van der Waals surface area contributed by atoms with E-state index in [4.69, 9.17) is 9.47 Å². The quantitative estimate of drug-likeness (QED) is 0.185. The van der Waals surface area contributed by atoms with Gasteiger partial charge in [0, 0.05) is 25.8 Å². The van der Waals surface area contributed by atoms with Crippen molar-refractivity contribution in [2.75, 3.05) is 18.9 Å². The molecule has 0 aromatic heterocycles. The first kappa shape index (κ1) is 32.8. The summed E-state index contributed by atoms with van der Waals surface area (Å²) in [7, 11) is -1.38. The van der Waals surface area contributed by atoms with Crippen LogP contribution in [0.5, 0.6) is 0 Å². The molecule has 1 saturated heterocycles. The van der Waals surface area contributed by atoms with E-state index >= 15 is 0 Å². The van der Waals surface area contributed by atoms with Gasteiger partial charge >= 0.3 is 18.2 Å². The van der Waals surface area contributed by atoms with Crippen LogP contribution in [0, 0.1) is 0 Å². The first-order valence-corrected chi connectivity index (χ1v) is 17.3. The number of carbonyl (C=O) groups excluding carboxylic acids is 3. The topological polar surface area (TPSA) is 134 Å². The zero-order valence-corrected chi connectivity index (χ0v) is 25.3. The maximum atomic E-state index is 13.8. The minimum atomic E-state index is -1.38. The van der Waals surface area contributed by atoms with Crippen LogP contribution in [0.25, 0.3) is 0 Å². The second-order valence-electron chi connectivity index (χ2n) is 12.0. The number of nitrogens with one attached hydrogen (secondary N) is 2. The van der Waals surface area contributed by atoms with Gasteiger partial charge in [-0.2, -0.15) is 11.8 Å². The molecular weight excluding hydrogens is 514 g/mol. The highest BCUT2D eigenvalue weighted by molar-refractivity contribution is 8.00. The minimum absolute atomic E-state index is 0.0151. The van der Waals surface area contributed by atoms with Crippen molar-refractivity contribution in [3.8, 4) is 0 Å². The van der Waals surface area contributed by atoms with Gasteiger partial charge in [-0.05, 0) is 52.8 Å². The summed E-state index contributed by atoms with van der Waals surface area (Å²) in [5, 5.41) is 15.2. The van der Waals surface area contributed by atoms with Gasteiger partial charge in [0.15, 0.2) is 0 Å².